The summed E-state index contributed by atoms with van der Waals surface area (Å²) in [4.78, 5) is 16.3. The van der Waals surface area contributed by atoms with Gasteiger partial charge in [0.2, 0.25) is 0 Å². The number of benzene rings is 2. The number of aromatic nitrogens is 2. The van der Waals surface area contributed by atoms with Crippen LogP contribution >= 0.6 is 11.6 Å². The van der Waals surface area contributed by atoms with Crippen LogP contribution < -0.4 is 5.32 Å². The molecule has 1 amide bonds. The van der Waals surface area contributed by atoms with E-state index in [1.165, 1.54) is 24.5 Å². The molecule has 1 heterocycles. The molecule has 0 saturated carbocycles. The molecule has 0 saturated heterocycles. The number of imidazole rings is 1. The highest BCUT2D eigenvalue weighted by Gasteiger charge is 2.15. The van der Waals surface area contributed by atoms with Gasteiger partial charge in [0.15, 0.2) is 11.5 Å². The van der Waals surface area contributed by atoms with Gasteiger partial charge >= 0.3 is 0 Å². The summed E-state index contributed by atoms with van der Waals surface area (Å²) < 4.78 is 14.8. The minimum absolute atomic E-state index is 0.124. The number of nitrogens with zero attached hydrogens (tertiary/aromatic N) is 3. The number of hydrogen-bond donors (Lipinski definition) is 1. The zero-order valence-corrected chi connectivity index (χ0v) is 13.7. The van der Waals surface area contributed by atoms with Crippen LogP contribution in [0.1, 0.15) is 21.6 Å². The van der Waals surface area contributed by atoms with Gasteiger partial charge in [0.25, 0.3) is 5.91 Å². The molecule has 0 aliphatic heterocycles. The van der Waals surface area contributed by atoms with Crippen LogP contribution in [0.5, 0.6) is 0 Å². The topological polar surface area (TPSA) is 70.7 Å². The molecule has 0 fully saturated rings. The van der Waals surface area contributed by atoms with Gasteiger partial charge in [-0.15, -0.1) is 0 Å². The number of nitrogens with one attached hydrogen (secondary N) is 1. The first kappa shape index (κ1) is 16.7. The van der Waals surface area contributed by atoms with Crippen molar-refractivity contribution in [3.8, 4) is 6.07 Å². The van der Waals surface area contributed by atoms with E-state index in [1.54, 1.807) is 16.7 Å². The van der Waals surface area contributed by atoms with Crippen molar-refractivity contribution in [3.05, 3.63) is 82.5 Å². The lowest BCUT2D eigenvalue weighted by Gasteiger charge is -2.06. The summed E-state index contributed by atoms with van der Waals surface area (Å²) in [6.45, 7) is 0.381. The summed E-state index contributed by atoms with van der Waals surface area (Å²) in [6, 6.07) is 14.5. The third-order valence-electron chi connectivity index (χ3n) is 3.50. The van der Waals surface area contributed by atoms with E-state index < -0.39 is 11.7 Å². The number of anilines is 1. The SMILES string of the molecule is N#Cc1c(NC(=O)c2cccc(F)c2)ncn1Cc1cccc(Cl)c1. The van der Waals surface area contributed by atoms with Crippen molar-refractivity contribution in [1.82, 2.24) is 9.55 Å². The zero-order valence-electron chi connectivity index (χ0n) is 12.9. The summed E-state index contributed by atoms with van der Waals surface area (Å²) in [5, 5.41) is 12.5. The Morgan fingerprint density at radius 2 is 2.08 bits per heavy atom. The highest BCUT2D eigenvalue weighted by molar-refractivity contribution is 6.30. The zero-order chi connectivity index (χ0) is 17.8. The van der Waals surface area contributed by atoms with Gasteiger partial charge in [-0.25, -0.2) is 9.37 Å². The molecule has 0 aliphatic carbocycles. The van der Waals surface area contributed by atoms with Crippen LogP contribution in [-0.2, 0) is 6.54 Å². The van der Waals surface area contributed by atoms with E-state index in [0.717, 1.165) is 11.6 Å². The van der Waals surface area contributed by atoms with E-state index in [0.29, 0.717) is 11.6 Å². The minimum atomic E-state index is -0.538. The highest BCUT2D eigenvalue weighted by atomic mass is 35.5. The molecule has 2 aromatic carbocycles. The standard InChI is InChI=1S/C18H12ClFN4O/c19-14-5-1-3-12(7-14)10-24-11-22-17(16(24)9-21)23-18(25)13-4-2-6-15(20)8-13/h1-8,11H,10H2,(H,23,25). The van der Waals surface area contributed by atoms with E-state index in [-0.39, 0.29) is 17.1 Å². The number of halogens is 2. The minimum Gasteiger partial charge on any atom is -0.316 e. The second kappa shape index (κ2) is 7.16. The lowest BCUT2D eigenvalue weighted by Crippen LogP contribution is -2.14. The molecule has 0 bridgehead atoms. The lowest BCUT2D eigenvalue weighted by molar-refractivity contribution is 0.102. The van der Waals surface area contributed by atoms with Crippen LogP contribution in [0.2, 0.25) is 5.02 Å². The number of carbonyl (C=O) groups excluding carboxylic acids is 1. The Kier molecular flexibility index (Phi) is 4.78. The van der Waals surface area contributed by atoms with Crippen molar-refractivity contribution in [2.24, 2.45) is 0 Å². The fourth-order valence-corrected chi connectivity index (χ4v) is 2.57. The van der Waals surface area contributed by atoms with E-state index in [1.807, 2.05) is 18.2 Å². The Bertz CT molecular complexity index is 977. The third kappa shape index (κ3) is 3.84. The molecule has 3 rings (SSSR count). The van der Waals surface area contributed by atoms with Gasteiger partial charge in [-0.3, -0.25) is 4.79 Å². The Labute approximate surface area is 148 Å². The van der Waals surface area contributed by atoms with E-state index in [4.69, 9.17) is 11.6 Å². The maximum atomic E-state index is 13.2. The Morgan fingerprint density at radius 1 is 1.28 bits per heavy atom. The van der Waals surface area contributed by atoms with Crippen molar-refractivity contribution >= 4 is 23.3 Å². The quantitative estimate of drug-likeness (QED) is 0.773. The van der Waals surface area contributed by atoms with E-state index in [2.05, 4.69) is 10.3 Å². The van der Waals surface area contributed by atoms with Crippen LogP contribution in [0.15, 0.2) is 54.9 Å². The van der Waals surface area contributed by atoms with Crippen molar-refractivity contribution in [2.45, 2.75) is 6.54 Å². The lowest BCUT2D eigenvalue weighted by atomic mass is 10.2. The van der Waals surface area contributed by atoms with Gasteiger partial charge in [0, 0.05) is 17.1 Å². The van der Waals surface area contributed by atoms with Gasteiger partial charge in [0.1, 0.15) is 11.9 Å². The molecule has 0 atom stereocenters. The normalized spacial score (nSPS) is 10.3. The molecule has 25 heavy (non-hydrogen) atoms. The molecular formula is C18H12ClFN4O. The first-order valence-corrected chi connectivity index (χ1v) is 7.71. The Hall–Kier alpha value is -3.17. The second-order valence-corrected chi connectivity index (χ2v) is 5.71. The maximum Gasteiger partial charge on any atom is 0.256 e. The summed E-state index contributed by atoms with van der Waals surface area (Å²) in [5.74, 6) is -0.928. The molecule has 0 spiro atoms. The van der Waals surface area contributed by atoms with Crippen LogP contribution in [-0.4, -0.2) is 15.5 Å². The number of amides is 1. The number of nitriles is 1. The molecule has 1 N–H and O–H groups in total. The van der Waals surface area contributed by atoms with Crippen LogP contribution in [0.4, 0.5) is 10.2 Å². The van der Waals surface area contributed by atoms with Gasteiger partial charge in [-0.05, 0) is 35.9 Å². The van der Waals surface area contributed by atoms with Gasteiger partial charge in [0.05, 0.1) is 6.33 Å². The molecule has 1 aromatic heterocycles. The molecule has 7 heteroatoms. The van der Waals surface area contributed by atoms with Crippen LogP contribution in [0.25, 0.3) is 0 Å². The highest BCUT2D eigenvalue weighted by Crippen LogP contribution is 2.17. The Morgan fingerprint density at radius 3 is 2.80 bits per heavy atom. The second-order valence-electron chi connectivity index (χ2n) is 5.28. The van der Waals surface area contributed by atoms with Gasteiger partial charge in [-0.2, -0.15) is 5.26 Å². The predicted octanol–water partition coefficient (Wildman–Crippen LogP) is 3.85. The molecular weight excluding hydrogens is 343 g/mol. The number of carbonyl (C=O) groups is 1. The first-order chi connectivity index (χ1) is 12.1. The fourth-order valence-electron chi connectivity index (χ4n) is 2.35. The third-order valence-corrected chi connectivity index (χ3v) is 3.74. The average molecular weight is 355 g/mol. The molecule has 0 unspecified atom stereocenters. The summed E-state index contributed by atoms with van der Waals surface area (Å²) >= 11 is 5.96. The molecule has 5 nitrogen and oxygen atoms in total. The summed E-state index contributed by atoms with van der Waals surface area (Å²) in [5.41, 5.74) is 1.24. The summed E-state index contributed by atoms with van der Waals surface area (Å²) in [7, 11) is 0. The average Bonchev–Trinajstić information content (AvgIpc) is 2.96. The molecule has 0 aliphatic rings. The van der Waals surface area contributed by atoms with Crippen molar-refractivity contribution in [1.29, 1.82) is 5.26 Å². The Balaban J connectivity index is 1.83. The fraction of sp³-hybridized carbons (Fsp3) is 0.0556. The van der Waals surface area contributed by atoms with Crippen LogP contribution in [0, 0.1) is 17.1 Å². The van der Waals surface area contributed by atoms with E-state index in [9.17, 15) is 14.4 Å². The van der Waals surface area contributed by atoms with Crippen LogP contribution in [0.3, 0.4) is 0 Å². The monoisotopic (exact) mass is 354 g/mol. The first-order valence-electron chi connectivity index (χ1n) is 7.33. The maximum absolute atomic E-state index is 13.2. The molecule has 124 valence electrons. The smallest absolute Gasteiger partial charge is 0.256 e. The number of rotatable bonds is 4. The largest absolute Gasteiger partial charge is 0.316 e. The van der Waals surface area contributed by atoms with Crippen molar-refractivity contribution in [3.63, 3.8) is 0 Å². The molecule has 3 aromatic rings. The van der Waals surface area contributed by atoms with Gasteiger partial charge < -0.3 is 9.88 Å². The number of hydrogen-bond acceptors (Lipinski definition) is 3. The predicted molar refractivity (Wildman–Crippen MR) is 91.8 cm³/mol. The van der Waals surface area contributed by atoms with Crippen molar-refractivity contribution < 1.29 is 9.18 Å². The summed E-state index contributed by atoms with van der Waals surface area (Å²) in [6.07, 6.45) is 1.46. The molecule has 0 radical (unpaired) electrons. The van der Waals surface area contributed by atoms with Crippen molar-refractivity contribution in [2.75, 3.05) is 5.32 Å². The van der Waals surface area contributed by atoms with Gasteiger partial charge in [-0.1, -0.05) is 29.8 Å². The van der Waals surface area contributed by atoms with E-state index >= 15 is 0 Å².